The number of rotatable bonds is 3. The van der Waals surface area contributed by atoms with Gasteiger partial charge in [-0.1, -0.05) is 6.07 Å². The molecule has 7 heteroatoms. The van der Waals surface area contributed by atoms with Gasteiger partial charge in [0, 0.05) is 49.8 Å². The highest BCUT2D eigenvalue weighted by atomic mass is 16.2. The van der Waals surface area contributed by atoms with Crippen LogP contribution >= 0.6 is 0 Å². The lowest BCUT2D eigenvalue weighted by Crippen LogP contribution is -2.50. The molecule has 1 atom stereocenters. The van der Waals surface area contributed by atoms with Crippen LogP contribution in [0.2, 0.25) is 0 Å². The molecule has 146 valence electrons. The van der Waals surface area contributed by atoms with Crippen molar-refractivity contribution in [2.24, 2.45) is 5.41 Å². The van der Waals surface area contributed by atoms with Gasteiger partial charge in [-0.3, -0.25) is 19.7 Å². The molecule has 1 unspecified atom stereocenters. The first-order valence-electron chi connectivity index (χ1n) is 10.2. The van der Waals surface area contributed by atoms with Crippen LogP contribution < -0.4 is 0 Å². The lowest BCUT2D eigenvalue weighted by molar-refractivity contribution is -0.146. The van der Waals surface area contributed by atoms with Gasteiger partial charge in [0.25, 0.3) is 5.91 Å². The summed E-state index contributed by atoms with van der Waals surface area (Å²) in [6, 6.07) is 3.90. The highest BCUT2D eigenvalue weighted by Gasteiger charge is 2.49. The van der Waals surface area contributed by atoms with Gasteiger partial charge in [-0.05, 0) is 50.2 Å². The molecule has 7 nitrogen and oxygen atoms in total. The average molecular weight is 379 g/mol. The van der Waals surface area contributed by atoms with Crippen LogP contribution in [0.25, 0.3) is 0 Å². The standard InChI is InChI=1S/C21H25N5O2/c27-19(18-16-5-1-6-17(16)23-24-18)26-11-8-21(14-26)7-3-10-25(20(21)28)13-15-4-2-9-22-12-15/h2,4,9,12H,1,3,5-8,10-11,13-14H2,(H,23,24). The third kappa shape index (κ3) is 2.80. The van der Waals surface area contributed by atoms with E-state index in [1.54, 1.807) is 6.20 Å². The van der Waals surface area contributed by atoms with E-state index in [1.165, 1.54) is 0 Å². The van der Waals surface area contributed by atoms with Crippen LogP contribution in [0.15, 0.2) is 24.5 Å². The summed E-state index contributed by atoms with van der Waals surface area (Å²) >= 11 is 0. The molecular weight excluding hydrogens is 354 g/mol. The molecule has 2 amide bonds. The number of hydrogen-bond donors (Lipinski definition) is 1. The van der Waals surface area contributed by atoms with Crippen molar-refractivity contribution in [2.75, 3.05) is 19.6 Å². The molecule has 2 fully saturated rings. The SMILES string of the molecule is O=C(c1n[nH]c2c1CCC2)N1CCC2(CCCN(Cc3cccnc3)C2=O)C1. The molecule has 5 rings (SSSR count). The van der Waals surface area contributed by atoms with Crippen LogP contribution in [0.1, 0.15) is 53.0 Å². The average Bonchev–Trinajstić information content (AvgIpc) is 3.42. The van der Waals surface area contributed by atoms with E-state index in [0.29, 0.717) is 25.3 Å². The van der Waals surface area contributed by atoms with Crippen molar-refractivity contribution in [3.05, 3.63) is 47.0 Å². The van der Waals surface area contributed by atoms with Crippen LogP contribution in [-0.2, 0) is 24.2 Å². The predicted octanol–water partition coefficient (Wildman–Crippen LogP) is 1.95. The third-order valence-electron chi connectivity index (χ3n) is 6.57. The summed E-state index contributed by atoms with van der Waals surface area (Å²) in [6.07, 6.45) is 9.12. The normalized spacial score (nSPS) is 24.2. The Balaban J connectivity index is 1.32. The van der Waals surface area contributed by atoms with Crippen molar-refractivity contribution < 1.29 is 9.59 Å². The molecule has 2 saturated heterocycles. The Hall–Kier alpha value is -2.70. The molecular formula is C21H25N5O2. The van der Waals surface area contributed by atoms with Crippen LogP contribution in [0.4, 0.5) is 0 Å². The number of piperidine rings is 1. The Morgan fingerprint density at radius 3 is 3.00 bits per heavy atom. The summed E-state index contributed by atoms with van der Waals surface area (Å²) in [7, 11) is 0. The predicted molar refractivity (Wildman–Crippen MR) is 102 cm³/mol. The molecule has 0 bridgehead atoms. The number of carbonyl (C=O) groups excluding carboxylic acids is 2. The number of H-pyrrole nitrogens is 1. The van der Waals surface area contributed by atoms with E-state index in [1.807, 2.05) is 28.1 Å². The summed E-state index contributed by atoms with van der Waals surface area (Å²) in [5, 5.41) is 7.31. The number of aromatic amines is 1. The van der Waals surface area contributed by atoms with E-state index in [2.05, 4.69) is 15.2 Å². The molecule has 2 aliphatic heterocycles. The number of amides is 2. The van der Waals surface area contributed by atoms with Gasteiger partial charge in [-0.25, -0.2) is 0 Å². The van der Waals surface area contributed by atoms with Crippen LogP contribution in [0.5, 0.6) is 0 Å². The number of hydrogen-bond acceptors (Lipinski definition) is 4. The van der Waals surface area contributed by atoms with Crippen LogP contribution in [0, 0.1) is 5.41 Å². The van der Waals surface area contributed by atoms with Crippen molar-refractivity contribution in [3.63, 3.8) is 0 Å². The number of pyridine rings is 1. The van der Waals surface area contributed by atoms with Gasteiger partial charge >= 0.3 is 0 Å². The smallest absolute Gasteiger partial charge is 0.274 e. The van der Waals surface area contributed by atoms with E-state index in [4.69, 9.17) is 0 Å². The number of fused-ring (bicyclic) bond motifs is 1. The lowest BCUT2D eigenvalue weighted by Gasteiger charge is -2.39. The Labute approximate surface area is 164 Å². The van der Waals surface area contributed by atoms with Gasteiger partial charge in [0.15, 0.2) is 5.69 Å². The Bertz CT molecular complexity index is 909. The zero-order chi connectivity index (χ0) is 19.1. The summed E-state index contributed by atoms with van der Waals surface area (Å²) in [4.78, 5) is 34.4. The minimum absolute atomic E-state index is 0.0199. The molecule has 1 N–H and O–H groups in total. The Kier molecular flexibility index (Phi) is 4.18. The van der Waals surface area contributed by atoms with Gasteiger partial charge < -0.3 is 9.80 Å². The van der Waals surface area contributed by atoms with E-state index in [-0.39, 0.29) is 11.8 Å². The maximum atomic E-state index is 13.3. The number of nitrogens with one attached hydrogen (secondary N) is 1. The first kappa shape index (κ1) is 17.4. The van der Waals surface area contributed by atoms with Gasteiger partial charge in [-0.2, -0.15) is 5.10 Å². The van der Waals surface area contributed by atoms with Crippen molar-refractivity contribution in [1.29, 1.82) is 0 Å². The molecule has 0 aromatic carbocycles. The molecule has 0 radical (unpaired) electrons. The minimum atomic E-state index is -0.435. The first-order valence-corrected chi connectivity index (χ1v) is 10.2. The second-order valence-corrected chi connectivity index (χ2v) is 8.33. The first-order chi connectivity index (χ1) is 13.7. The molecule has 0 saturated carbocycles. The molecule has 3 aliphatic rings. The Morgan fingerprint density at radius 1 is 1.21 bits per heavy atom. The van der Waals surface area contributed by atoms with E-state index >= 15 is 0 Å². The number of aromatic nitrogens is 3. The molecule has 4 heterocycles. The molecule has 1 aliphatic carbocycles. The van der Waals surface area contributed by atoms with Crippen LogP contribution in [-0.4, -0.2) is 56.4 Å². The number of likely N-dealkylation sites (tertiary alicyclic amines) is 2. The van der Waals surface area contributed by atoms with E-state index < -0.39 is 5.41 Å². The molecule has 1 spiro atoms. The van der Waals surface area contributed by atoms with Crippen molar-refractivity contribution >= 4 is 11.8 Å². The van der Waals surface area contributed by atoms with Gasteiger partial charge in [0.05, 0.1) is 5.41 Å². The monoisotopic (exact) mass is 379 g/mol. The van der Waals surface area contributed by atoms with Gasteiger partial charge in [-0.15, -0.1) is 0 Å². The third-order valence-corrected chi connectivity index (χ3v) is 6.57. The highest BCUT2D eigenvalue weighted by Crippen LogP contribution is 2.41. The zero-order valence-electron chi connectivity index (χ0n) is 16.0. The zero-order valence-corrected chi connectivity index (χ0v) is 16.0. The summed E-state index contributed by atoms with van der Waals surface area (Å²) in [5.41, 5.74) is 3.37. The summed E-state index contributed by atoms with van der Waals surface area (Å²) < 4.78 is 0. The fourth-order valence-corrected chi connectivity index (χ4v) is 5.09. The largest absolute Gasteiger partial charge is 0.338 e. The van der Waals surface area contributed by atoms with Crippen molar-refractivity contribution in [1.82, 2.24) is 25.0 Å². The summed E-state index contributed by atoms with van der Waals surface area (Å²) in [6.45, 7) is 2.51. The van der Waals surface area contributed by atoms with E-state index in [9.17, 15) is 9.59 Å². The molecule has 2 aromatic rings. The van der Waals surface area contributed by atoms with Gasteiger partial charge in [0.2, 0.25) is 5.91 Å². The Morgan fingerprint density at radius 2 is 2.14 bits per heavy atom. The number of nitrogens with zero attached hydrogens (tertiary/aromatic N) is 4. The maximum absolute atomic E-state index is 13.3. The van der Waals surface area contributed by atoms with Crippen molar-refractivity contribution in [3.8, 4) is 0 Å². The molecule has 2 aromatic heterocycles. The fourth-order valence-electron chi connectivity index (χ4n) is 5.09. The van der Waals surface area contributed by atoms with Crippen LogP contribution in [0.3, 0.4) is 0 Å². The lowest BCUT2D eigenvalue weighted by atomic mass is 9.78. The summed E-state index contributed by atoms with van der Waals surface area (Å²) in [5.74, 6) is 0.165. The molecule has 28 heavy (non-hydrogen) atoms. The highest BCUT2D eigenvalue weighted by molar-refractivity contribution is 5.95. The topological polar surface area (TPSA) is 82.2 Å². The number of aryl methyl sites for hydroxylation is 1. The fraction of sp³-hybridized carbons (Fsp3) is 0.524. The number of carbonyl (C=O) groups is 2. The van der Waals surface area contributed by atoms with Gasteiger partial charge in [0.1, 0.15) is 0 Å². The quantitative estimate of drug-likeness (QED) is 0.884. The minimum Gasteiger partial charge on any atom is -0.338 e. The second-order valence-electron chi connectivity index (χ2n) is 8.33. The second kappa shape index (κ2) is 6.72. The van der Waals surface area contributed by atoms with E-state index in [0.717, 1.165) is 61.9 Å². The van der Waals surface area contributed by atoms with Crippen molar-refractivity contribution in [2.45, 2.75) is 45.1 Å². The maximum Gasteiger partial charge on any atom is 0.274 e.